The van der Waals surface area contributed by atoms with Gasteiger partial charge in [-0.15, -0.1) is 0 Å². The predicted octanol–water partition coefficient (Wildman–Crippen LogP) is 4.60. The molecule has 0 fully saturated rings. The minimum absolute atomic E-state index is 0.463. The number of benzene rings is 1. The lowest BCUT2D eigenvalue weighted by Gasteiger charge is -2.16. The number of allylic oxidation sites excluding steroid dienone is 1. The number of rotatable bonds is 6. The van der Waals surface area contributed by atoms with E-state index < -0.39 is 0 Å². The van der Waals surface area contributed by atoms with Crippen LogP contribution >= 0.6 is 15.9 Å². The summed E-state index contributed by atoms with van der Waals surface area (Å²) in [6.07, 6.45) is 2.10. The first-order valence-corrected chi connectivity index (χ1v) is 7.48. The molecule has 19 heavy (non-hydrogen) atoms. The highest BCUT2D eigenvalue weighted by Crippen LogP contribution is 2.28. The van der Waals surface area contributed by atoms with Gasteiger partial charge in [-0.25, -0.2) is 0 Å². The highest BCUT2D eigenvalue weighted by atomic mass is 79.9. The lowest BCUT2D eigenvalue weighted by atomic mass is 10.1. The zero-order valence-electron chi connectivity index (χ0n) is 12.5. The van der Waals surface area contributed by atoms with E-state index >= 15 is 0 Å². The van der Waals surface area contributed by atoms with Crippen LogP contribution < -0.4 is 10.1 Å². The summed E-state index contributed by atoms with van der Waals surface area (Å²) in [6.45, 7) is 12.0. The molecule has 2 nitrogen and oxygen atoms in total. The number of nitrogens with one attached hydrogen (secondary N) is 1. The van der Waals surface area contributed by atoms with Gasteiger partial charge in [0.1, 0.15) is 12.4 Å². The summed E-state index contributed by atoms with van der Waals surface area (Å²) in [6, 6.07) is 4.68. The molecule has 3 heteroatoms. The Balaban J connectivity index is 2.89. The Morgan fingerprint density at radius 1 is 1.37 bits per heavy atom. The van der Waals surface area contributed by atoms with Crippen molar-refractivity contribution in [2.24, 2.45) is 0 Å². The Labute approximate surface area is 125 Å². The molecule has 1 aromatic rings. The van der Waals surface area contributed by atoms with E-state index in [1.807, 2.05) is 0 Å². The van der Waals surface area contributed by atoms with Crippen molar-refractivity contribution in [3.05, 3.63) is 39.4 Å². The number of hydrogen-bond acceptors (Lipinski definition) is 2. The van der Waals surface area contributed by atoms with Crippen LogP contribution in [-0.2, 0) is 6.54 Å². The molecule has 0 saturated carbocycles. The number of halogens is 1. The van der Waals surface area contributed by atoms with Gasteiger partial charge in [-0.1, -0.05) is 35.4 Å². The van der Waals surface area contributed by atoms with E-state index in [0.717, 1.165) is 22.3 Å². The summed E-state index contributed by atoms with van der Waals surface area (Å²) in [5, 5.41) is 3.44. The van der Waals surface area contributed by atoms with E-state index in [1.54, 1.807) is 0 Å². The summed E-state index contributed by atoms with van der Waals surface area (Å²) in [7, 11) is 0. The minimum atomic E-state index is 0.463. The van der Waals surface area contributed by atoms with Crippen molar-refractivity contribution in [3.63, 3.8) is 0 Å². The summed E-state index contributed by atoms with van der Waals surface area (Å²) in [5.74, 6) is 0.994. The third kappa shape index (κ3) is 5.79. The first-order chi connectivity index (χ1) is 8.90. The van der Waals surface area contributed by atoms with E-state index in [9.17, 15) is 0 Å². The van der Waals surface area contributed by atoms with Crippen molar-refractivity contribution < 1.29 is 4.74 Å². The van der Waals surface area contributed by atoms with Gasteiger partial charge in [-0.05, 0) is 44.5 Å². The highest BCUT2D eigenvalue weighted by molar-refractivity contribution is 9.10. The lowest BCUT2D eigenvalue weighted by Crippen LogP contribution is -2.22. The SMILES string of the molecule is CC(C)=CCOc1c(C)cc(Br)cc1CNC(C)C. The molecular weight excluding hydrogens is 302 g/mol. The molecule has 0 radical (unpaired) electrons. The molecule has 0 saturated heterocycles. The zero-order chi connectivity index (χ0) is 14.4. The normalized spacial score (nSPS) is 10.7. The van der Waals surface area contributed by atoms with Crippen LogP contribution in [-0.4, -0.2) is 12.6 Å². The van der Waals surface area contributed by atoms with Crippen LogP contribution in [0.15, 0.2) is 28.3 Å². The molecule has 0 spiro atoms. The first kappa shape index (κ1) is 16.3. The van der Waals surface area contributed by atoms with Crippen LogP contribution in [0, 0.1) is 6.92 Å². The molecule has 0 aliphatic heterocycles. The van der Waals surface area contributed by atoms with E-state index in [0.29, 0.717) is 12.6 Å². The van der Waals surface area contributed by atoms with Gasteiger partial charge in [0.2, 0.25) is 0 Å². The van der Waals surface area contributed by atoms with Crippen LogP contribution in [0.4, 0.5) is 0 Å². The van der Waals surface area contributed by atoms with Crippen LogP contribution in [0.25, 0.3) is 0 Å². The van der Waals surface area contributed by atoms with E-state index in [1.165, 1.54) is 11.1 Å². The van der Waals surface area contributed by atoms with E-state index in [4.69, 9.17) is 4.74 Å². The van der Waals surface area contributed by atoms with Gasteiger partial charge in [0.15, 0.2) is 0 Å². The first-order valence-electron chi connectivity index (χ1n) is 6.68. The second-order valence-electron chi connectivity index (χ2n) is 5.34. The Hall–Kier alpha value is -0.800. The van der Waals surface area contributed by atoms with Gasteiger partial charge in [-0.2, -0.15) is 0 Å². The predicted molar refractivity (Wildman–Crippen MR) is 85.8 cm³/mol. The zero-order valence-corrected chi connectivity index (χ0v) is 14.1. The Morgan fingerprint density at radius 2 is 2.05 bits per heavy atom. The second kappa shape index (κ2) is 7.71. The number of aryl methyl sites for hydroxylation is 1. The van der Waals surface area contributed by atoms with Crippen molar-refractivity contribution in [1.29, 1.82) is 0 Å². The molecule has 0 bridgehead atoms. The largest absolute Gasteiger partial charge is 0.489 e. The molecule has 0 aliphatic carbocycles. The summed E-state index contributed by atoms with van der Waals surface area (Å²) < 4.78 is 7.03. The quantitative estimate of drug-likeness (QED) is 0.772. The topological polar surface area (TPSA) is 21.3 Å². The van der Waals surface area contributed by atoms with Crippen LogP contribution in [0.2, 0.25) is 0 Å². The van der Waals surface area contributed by atoms with Gasteiger partial charge in [-0.3, -0.25) is 0 Å². The Bertz CT molecular complexity index is 448. The fourth-order valence-electron chi connectivity index (χ4n) is 1.74. The monoisotopic (exact) mass is 325 g/mol. The molecule has 0 heterocycles. The average molecular weight is 326 g/mol. The molecule has 0 aromatic heterocycles. The third-order valence-corrected chi connectivity index (χ3v) is 3.19. The number of hydrogen-bond donors (Lipinski definition) is 1. The summed E-state index contributed by atoms with van der Waals surface area (Å²) >= 11 is 3.55. The van der Waals surface area contributed by atoms with Gasteiger partial charge < -0.3 is 10.1 Å². The van der Waals surface area contributed by atoms with Gasteiger partial charge in [0.25, 0.3) is 0 Å². The molecular formula is C16H24BrNO. The fourth-order valence-corrected chi connectivity index (χ4v) is 2.36. The maximum Gasteiger partial charge on any atom is 0.127 e. The van der Waals surface area contributed by atoms with Crippen molar-refractivity contribution in [2.75, 3.05) is 6.61 Å². The van der Waals surface area contributed by atoms with Crippen molar-refractivity contribution >= 4 is 15.9 Å². The van der Waals surface area contributed by atoms with E-state index in [-0.39, 0.29) is 0 Å². The molecule has 1 N–H and O–H groups in total. The van der Waals surface area contributed by atoms with E-state index in [2.05, 4.69) is 74.1 Å². The van der Waals surface area contributed by atoms with Crippen LogP contribution in [0.1, 0.15) is 38.8 Å². The molecule has 0 atom stereocenters. The maximum absolute atomic E-state index is 5.93. The van der Waals surface area contributed by atoms with Crippen LogP contribution in [0.5, 0.6) is 5.75 Å². The van der Waals surface area contributed by atoms with Crippen molar-refractivity contribution in [2.45, 2.75) is 47.2 Å². The summed E-state index contributed by atoms with van der Waals surface area (Å²) in [5.41, 5.74) is 3.64. The molecule has 1 rings (SSSR count). The van der Waals surface area contributed by atoms with Crippen molar-refractivity contribution in [1.82, 2.24) is 5.32 Å². The fraction of sp³-hybridized carbons (Fsp3) is 0.500. The smallest absolute Gasteiger partial charge is 0.127 e. The van der Waals surface area contributed by atoms with Gasteiger partial charge in [0.05, 0.1) is 0 Å². The molecule has 0 unspecified atom stereocenters. The molecule has 106 valence electrons. The number of ether oxygens (including phenoxy) is 1. The maximum atomic E-state index is 5.93. The summed E-state index contributed by atoms with van der Waals surface area (Å²) in [4.78, 5) is 0. The third-order valence-electron chi connectivity index (χ3n) is 2.74. The minimum Gasteiger partial charge on any atom is -0.489 e. The molecule has 0 amide bonds. The average Bonchev–Trinajstić information content (AvgIpc) is 2.28. The lowest BCUT2D eigenvalue weighted by molar-refractivity contribution is 0.353. The van der Waals surface area contributed by atoms with Gasteiger partial charge >= 0.3 is 0 Å². The standard InChI is InChI=1S/C16H24BrNO/c1-11(2)6-7-19-16-13(5)8-15(17)9-14(16)10-18-12(3)4/h6,8-9,12,18H,7,10H2,1-5H3. The Morgan fingerprint density at radius 3 is 2.63 bits per heavy atom. The van der Waals surface area contributed by atoms with Crippen molar-refractivity contribution in [3.8, 4) is 5.75 Å². The molecule has 0 aliphatic rings. The highest BCUT2D eigenvalue weighted by Gasteiger charge is 2.09. The molecule has 1 aromatic carbocycles. The van der Waals surface area contributed by atoms with Gasteiger partial charge in [0, 0.05) is 22.6 Å². The second-order valence-corrected chi connectivity index (χ2v) is 6.25. The Kier molecular flexibility index (Phi) is 6.59. The van der Waals surface area contributed by atoms with Crippen LogP contribution in [0.3, 0.4) is 0 Å².